The zero-order chi connectivity index (χ0) is 63.2. The van der Waals surface area contributed by atoms with E-state index in [9.17, 15) is 37.5 Å². The Hall–Kier alpha value is -7.19. The lowest BCUT2D eigenvalue weighted by molar-refractivity contribution is -0.151. The molecule has 2 fully saturated rings. The van der Waals surface area contributed by atoms with Crippen molar-refractivity contribution < 1.29 is 56.4 Å². The van der Waals surface area contributed by atoms with Gasteiger partial charge in [-0.2, -0.15) is 18.3 Å². The molecule has 480 valence electrons. The molecule has 6 aromatic rings. The van der Waals surface area contributed by atoms with Crippen molar-refractivity contribution >= 4 is 40.7 Å². The van der Waals surface area contributed by atoms with E-state index >= 15 is 0 Å². The summed E-state index contributed by atoms with van der Waals surface area (Å²) in [5.74, 6) is -0.277. The van der Waals surface area contributed by atoms with Crippen molar-refractivity contribution in [2.75, 3.05) is 71.2 Å². The van der Waals surface area contributed by atoms with Gasteiger partial charge in [-0.05, 0) is 142 Å². The molecule has 0 bridgehead atoms. The van der Waals surface area contributed by atoms with Crippen LogP contribution in [0.3, 0.4) is 0 Å². The second-order valence-corrected chi connectivity index (χ2v) is 24.5. The summed E-state index contributed by atoms with van der Waals surface area (Å²) in [6, 6.07) is 20.1. The molecule has 2 aliphatic heterocycles. The maximum atomic E-state index is 14.4. The Morgan fingerprint density at radius 1 is 0.820 bits per heavy atom. The second kappa shape index (κ2) is 33.0. The standard InChI is InChI=1S/C65H84F3N11O9S/c1-44-56(89-43-73-44)46-18-16-45(17-19-46)42-79(60(83)54-39-51(80)41-71-54)61(84)57(63(2,3)4)74-55(81)15-8-7-10-31-86-34-36-87-35-33-85-30-9-5-6-11-32-88-52-20-21-53(65(66,67)68)49(38-52)40-72-59(82)48-13-12-14-50(37-48)76-64(24-28-70-29-25-64)62-75-58(77-78-62)47-22-26-69-27-23-47/h12-14,16-23,26-27,37-38,43,51,54,57,70-71,76,80H,5-11,15,24-25,28-36,39-42H2,1-4H3,(H,72,82)(H,74,81)(H,75,77,78)/t51-,54+,57-/m1/s1. The molecular formula is C65H84F3N11O9S. The van der Waals surface area contributed by atoms with Gasteiger partial charge < -0.3 is 50.6 Å². The number of anilines is 1. The minimum Gasteiger partial charge on any atom is -0.494 e. The molecule has 2 saturated heterocycles. The summed E-state index contributed by atoms with van der Waals surface area (Å²) < 4.78 is 65.5. The number of thiazole rings is 1. The summed E-state index contributed by atoms with van der Waals surface area (Å²) in [7, 11) is 0. The number of carbonyl (C=O) groups excluding carboxylic acids is 4. The number of aliphatic hydroxyl groups is 1. The Kier molecular flexibility index (Phi) is 25.1. The highest BCUT2D eigenvalue weighted by molar-refractivity contribution is 7.13. The number of H-pyrrole nitrogens is 1. The Morgan fingerprint density at radius 2 is 1.51 bits per heavy atom. The quantitative estimate of drug-likeness (QED) is 0.0189. The monoisotopic (exact) mass is 1250 g/mol. The van der Waals surface area contributed by atoms with Crippen molar-refractivity contribution in [3.05, 3.63) is 131 Å². The number of alkyl halides is 3. The molecule has 24 heteroatoms. The van der Waals surface area contributed by atoms with E-state index in [2.05, 4.69) is 46.7 Å². The Labute approximate surface area is 522 Å². The number of aryl methyl sites for hydroxylation is 1. The van der Waals surface area contributed by atoms with E-state index in [0.717, 1.165) is 78.5 Å². The maximum Gasteiger partial charge on any atom is 0.416 e. The van der Waals surface area contributed by atoms with E-state index < -0.39 is 58.6 Å². The number of nitrogens with zero attached hydrogens (tertiary/aromatic N) is 5. The van der Waals surface area contributed by atoms with E-state index in [1.165, 1.54) is 17.0 Å². The van der Waals surface area contributed by atoms with Gasteiger partial charge in [-0.3, -0.25) is 34.2 Å². The number of aromatic nitrogens is 5. The molecule has 2 aliphatic rings. The summed E-state index contributed by atoms with van der Waals surface area (Å²) in [4.78, 5) is 70.6. The average Bonchev–Trinajstić information content (AvgIpc) is 2.72. The minimum atomic E-state index is -4.64. The van der Waals surface area contributed by atoms with Crippen LogP contribution in [0.2, 0.25) is 0 Å². The van der Waals surface area contributed by atoms with Gasteiger partial charge in [0.1, 0.15) is 11.8 Å². The molecule has 0 unspecified atom stereocenters. The Morgan fingerprint density at radius 3 is 2.16 bits per heavy atom. The van der Waals surface area contributed by atoms with Crippen LogP contribution in [-0.4, -0.2) is 143 Å². The summed E-state index contributed by atoms with van der Waals surface area (Å²) in [6.45, 7) is 11.9. The van der Waals surface area contributed by atoms with Gasteiger partial charge in [0, 0.05) is 61.9 Å². The number of aliphatic hydroxyl groups excluding tert-OH is 1. The van der Waals surface area contributed by atoms with Gasteiger partial charge in [0.05, 0.1) is 78.9 Å². The predicted molar refractivity (Wildman–Crippen MR) is 333 cm³/mol. The number of halogens is 3. The Balaban J connectivity index is 0.661. The highest BCUT2D eigenvalue weighted by atomic mass is 32.1. The molecule has 4 amide bonds. The van der Waals surface area contributed by atoms with Crippen LogP contribution in [0.1, 0.15) is 130 Å². The van der Waals surface area contributed by atoms with Gasteiger partial charge in [0.25, 0.3) is 11.8 Å². The minimum absolute atomic E-state index is 0.00985. The predicted octanol–water partition coefficient (Wildman–Crippen LogP) is 9.30. The SMILES string of the molecule is Cc1ncsc1-c1ccc(CN(C(=O)[C@@H]2C[C@@H](O)CN2)C(=O)[C@@H](NC(=O)CCCCCOCCOCCOCCCCCCOc2ccc(C(F)(F)F)c(CNC(=O)c3cccc(NC4(c5nc(-c6ccncc6)n[nH]5)CCNCC4)c3)c2)C(C)(C)C)cc1. The smallest absolute Gasteiger partial charge is 0.416 e. The van der Waals surface area contributed by atoms with Crippen LogP contribution in [0.25, 0.3) is 21.8 Å². The van der Waals surface area contributed by atoms with Crippen molar-refractivity contribution in [2.24, 2.45) is 5.41 Å². The third-order valence-corrected chi connectivity index (χ3v) is 16.7. The number of carbonyl (C=O) groups is 4. The fourth-order valence-electron chi connectivity index (χ4n) is 10.7. The number of hydrogen-bond acceptors (Lipinski definition) is 17. The lowest BCUT2D eigenvalue weighted by atomic mass is 9.85. The average molecular weight is 1250 g/mol. The normalized spacial score (nSPS) is 16.2. The van der Waals surface area contributed by atoms with Crippen molar-refractivity contribution in [3.8, 4) is 27.6 Å². The molecule has 7 N–H and O–H groups in total. The van der Waals surface area contributed by atoms with Gasteiger partial charge in [-0.15, -0.1) is 11.3 Å². The molecule has 3 aromatic heterocycles. The van der Waals surface area contributed by atoms with Crippen LogP contribution in [0.4, 0.5) is 18.9 Å². The number of amides is 4. The molecule has 5 heterocycles. The molecule has 0 saturated carbocycles. The number of aromatic amines is 1. The zero-order valence-corrected chi connectivity index (χ0v) is 52.0. The van der Waals surface area contributed by atoms with E-state index in [4.69, 9.17) is 23.9 Å². The number of imide groups is 1. The highest BCUT2D eigenvalue weighted by Gasteiger charge is 2.42. The van der Waals surface area contributed by atoms with Crippen LogP contribution in [-0.2, 0) is 53.4 Å². The molecule has 3 aromatic carbocycles. The Bertz CT molecular complexity index is 3210. The van der Waals surface area contributed by atoms with E-state index in [-0.39, 0.29) is 55.3 Å². The number of hydrogen-bond donors (Lipinski definition) is 7. The van der Waals surface area contributed by atoms with E-state index in [0.29, 0.717) is 89.3 Å². The number of ether oxygens (including phenoxy) is 4. The topological polar surface area (TPSA) is 256 Å². The van der Waals surface area contributed by atoms with Gasteiger partial charge in [-0.25, -0.2) is 9.97 Å². The molecule has 20 nitrogen and oxygen atoms in total. The third-order valence-electron chi connectivity index (χ3n) is 15.7. The third kappa shape index (κ3) is 20.2. The summed E-state index contributed by atoms with van der Waals surface area (Å²) in [5.41, 5.74) is 3.92. The number of β-amino-alcohol motifs (C(OH)–C–C–N with tert-alkyl or cyclic N) is 1. The first kappa shape index (κ1) is 67.7. The highest BCUT2D eigenvalue weighted by Crippen LogP contribution is 2.36. The fourth-order valence-corrected chi connectivity index (χ4v) is 11.5. The lowest BCUT2D eigenvalue weighted by Gasteiger charge is -2.37. The van der Waals surface area contributed by atoms with E-state index in [1.807, 2.05) is 70.2 Å². The van der Waals surface area contributed by atoms with Gasteiger partial charge in [0.2, 0.25) is 11.8 Å². The number of rotatable bonds is 33. The largest absolute Gasteiger partial charge is 0.494 e. The van der Waals surface area contributed by atoms with Gasteiger partial charge >= 0.3 is 6.18 Å². The molecule has 8 rings (SSSR count). The zero-order valence-electron chi connectivity index (χ0n) is 51.2. The van der Waals surface area contributed by atoms with Crippen molar-refractivity contribution in [1.29, 1.82) is 0 Å². The molecular weight excluding hydrogens is 1170 g/mol. The molecule has 89 heavy (non-hydrogen) atoms. The summed E-state index contributed by atoms with van der Waals surface area (Å²) in [5, 5.41) is 33.4. The van der Waals surface area contributed by atoms with Crippen molar-refractivity contribution in [1.82, 2.24) is 51.3 Å². The van der Waals surface area contributed by atoms with Gasteiger partial charge in [0.15, 0.2) is 11.6 Å². The first-order chi connectivity index (χ1) is 42.9. The number of nitrogens with one attached hydrogen (secondary N) is 6. The molecule has 3 atom stereocenters. The van der Waals surface area contributed by atoms with Crippen molar-refractivity contribution in [3.63, 3.8) is 0 Å². The number of benzene rings is 3. The van der Waals surface area contributed by atoms with Crippen LogP contribution in [0.5, 0.6) is 5.75 Å². The first-order valence-electron chi connectivity index (χ1n) is 30.7. The maximum absolute atomic E-state index is 14.4. The van der Waals surface area contributed by atoms with Crippen molar-refractivity contribution in [2.45, 2.75) is 141 Å². The number of piperidine rings is 1. The second-order valence-electron chi connectivity index (χ2n) is 23.6. The molecule has 0 aliphatic carbocycles. The first-order valence-corrected chi connectivity index (χ1v) is 31.6. The number of pyridine rings is 1. The number of unbranched alkanes of at least 4 members (excludes halogenated alkanes) is 5. The summed E-state index contributed by atoms with van der Waals surface area (Å²) in [6.07, 6.45) is 5.08. The van der Waals surface area contributed by atoms with Crippen LogP contribution in [0.15, 0.2) is 96.8 Å². The van der Waals surface area contributed by atoms with Gasteiger partial charge in [-0.1, -0.05) is 63.9 Å². The van der Waals surface area contributed by atoms with E-state index in [1.54, 1.807) is 47.4 Å². The summed E-state index contributed by atoms with van der Waals surface area (Å²) >= 11 is 1.54. The van der Waals surface area contributed by atoms with Crippen LogP contribution < -0.4 is 31.3 Å². The van der Waals surface area contributed by atoms with Crippen LogP contribution >= 0.6 is 11.3 Å². The molecule has 0 radical (unpaired) electrons. The molecule has 0 spiro atoms. The van der Waals surface area contributed by atoms with Crippen LogP contribution in [0, 0.1) is 12.3 Å². The lowest BCUT2D eigenvalue weighted by Crippen LogP contribution is -2.58. The fraction of sp³-hybridized carbons (Fsp3) is 0.508.